The van der Waals surface area contributed by atoms with Crippen LogP contribution in [-0.2, 0) is 9.47 Å². The van der Waals surface area contributed by atoms with Crippen molar-refractivity contribution in [3.63, 3.8) is 0 Å². The van der Waals surface area contributed by atoms with E-state index in [2.05, 4.69) is 23.6 Å². The minimum absolute atomic E-state index is 0.264. The second-order valence-electron chi connectivity index (χ2n) is 8.17. The van der Waals surface area contributed by atoms with E-state index < -0.39 is 0 Å². The largest absolute Gasteiger partial charge is 0.383 e. The van der Waals surface area contributed by atoms with Crippen LogP contribution in [0.1, 0.15) is 58.8 Å². The van der Waals surface area contributed by atoms with Crippen LogP contribution in [0.5, 0.6) is 0 Å². The summed E-state index contributed by atoms with van der Waals surface area (Å²) in [7, 11) is 1.80. The lowest BCUT2D eigenvalue weighted by molar-refractivity contribution is -0.0797. The van der Waals surface area contributed by atoms with Crippen molar-refractivity contribution in [2.75, 3.05) is 39.9 Å². The fraction of sp³-hybridized carbons (Fsp3) is 1.00. The summed E-state index contributed by atoms with van der Waals surface area (Å²) < 4.78 is 11.8. The number of nitrogens with zero attached hydrogens (tertiary/aromatic N) is 2. The lowest BCUT2D eigenvalue weighted by Gasteiger charge is -2.45. The van der Waals surface area contributed by atoms with Crippen LogP contribution in [0.3, 0.4) is 0 Å². The van der Waals surface area contributed by atoms with Crippen LogP contribution in [0, 0.1) is 0 Å². The zero-order chi connectivity index (χ0) is 16.3. The van der Waals surface area contributed by atoms with E-state index in [0.29, 0.717) is 18.2 Å². The summed E-state index contributed by atoms with van der Waals surface area (Å²) in [5, 5.41) is 0. The summed E-state index contributed by atoms with van der Waals surface area (Å²) in [5.41, 5.74) is 0.264. The van der Waals surface area contributed by atoms with Gasteiger partial charge in [-0.1, -0.05) is 19.3 Å². The highest BCUT2D eigenvalue weighted by Gasteiger charge is 2.41. The highest BCUT2D eigenvalue weighted by atomic mass is 16.5. The molecule has 3 rings (SSSR count). The average Bonchev–Trinajstić information content (AvgIpc) is 2.89. The van der Waals surface area contributed by atoms with E-state index in [4.69, 9.17) is 9.47 Å². The minimum Gasteiger partial charge on any atom is -0.383 e. The van der Waals surface area contributed by atoms with Gasteiger partial charge in [0, 0.05) is 45.4 Å². The molecule has 2 saturated heterocycles. The molecule has 1 saturated carbocycles. The molecule has 1 aliphatic carbocycles. The zero-order valence-electron chi connectivity index (χ0n) is 15.4. The van der Waals surface area contributed by atoms with Crippen molar-refractivity contribution in [2.45, 2.75) is 82.6 Å². The lowest BCUT2D eigenvalue weighted by Crippen LogP contribution is -2.58. The number of hydrogen-bond acceptors (Lipinski definition) is 4. The quantitative estimate of drug-likeness (QED) is 0.776. The van der Waals surface area contributed by atoms with Gasteiger partial charge < -0.3 is 9.47 Å². The SMILES string of the molecule is COCCN1[C@H](C)CN(C[C@H]2CCC3(CCCCC3)O2)C[C@H]1C. The van der Waals surface area contributed by atoms with Crippen molar-refractivity contribution < 1.29 is 9.47 Å². The monoisotopic (exact) mass is 324 g/mol. The first-order chi connectivity index (χ1) is 11.1. The first kappa shape index (κ1) is 17.7. The summed E-state index contributed by atoms with van der Waals surface area (Å²) in [6.07, 6.45) is 9.82. The molecule has 23 heavy (non-hydrogen) atoms. The molecule has 134 valence electrons. The highest BCUT2D eigenvalue weighted by molar-refractivity contribution is 4.93. The van der Waals surface area contributed by atoms with Crippen molar-refractivity contribution in [1.29, 1.82) is 0 Å². The molecule has 4 heteroatoms. The maximum absolute atomic E-state index is 6.58. The third-order valence-electron chi connectivity index (χ3n) is 6.30. The van der Waals surface area contributed by atoms with E-state index in [9.17, 15) is 0 Å². The molecule has 0 bridgehead atoms. The summed E-state index contributed by atoms with van der Waals surface area (Å²) in [6.45, 7) is 10.1. The molecule has 0 aromatic carbocycles. The molecular weight excluding hydrogens is 288 g/mol. The number of hydrogen-bond donors (Lipinski definition) is 0. The molecule has 1 spiro atoms. The van der Waals surface area contributed by atoms with E-state index in [1.54, 1.807) is 7.11 Å². The van der Waals surface area contributed by atoms with Gasteiger partial charge in [0.05, 0.1) is 18.3 Å². The van der Waals surface area contributed by atoms with Crippen LogP contribution in [0.15, 0.2) is 0 Å². The summed E-state index contributed by atoms with van der Waals surface area (Å²) >= 11 is 0. The molecular formula is C19H36N2O2. The smallest absolute Gasteiger partial charge is 0.0710 e. The Kier molecular flexibility index (Phi) is 6.00. The third-order valence-corrected chi connectivity index (χ3v) is 6.30. The van der Waals surface area contributed by atoms with E-state index >= 15 is 0 Å². The van der Waals surface area contributed by atoms with Crippen LogP contribution in [-0.4, -0.2) is 73.5 Å². The molecule has 0 aromatic heterocycles. The van der Waals surface area contributed by atoms with Gasteiger partial charge in [0.25, 0.3) is 0 Å². The van der Waals surface area contributed by atoms with Crippen molar-refractivity contribution in [2.24, 2.45) is 0 Å². The highest BCUT2D eigenvalue weighted by Crippen LogP contribution is 2.42. The van der Waals surface area contributed by atoms with Gasteiger partial charge in [0.2, 0.25) is 0 Å². The third kappa shape index (κ3) is 4.28. The van der Waals surface area contributed by atoms with Gasteiger partial charge in [0.1, 0.15) is 0 Å². The van der Waals surface area contributed by atoms with E-state index in [-0.39, 0.29) is 5.60 Å². The number of piperazine rings is 1. The van der Waals surface area contributed by atoms with Gasteiger partial charge in [-0.2, -0.15) is 0 Å². The van der Waals surface area contributed by atoms with Crippen LogP contribution < -0.4 is 0 Å². The Morgan fingerprint density at radius 1 is 1.04 bits per heavy atom. The maximum Gasteiger partial charge on any atom is 0.0710 e. The molecule has 3 aliphatic rings. The van der Waals surface area contributed by atoms with Crippen LogP contribution in [0.2, 0.25) is 0 Å². The first-order valence-corrected chi connectivity index (χ1v) is 9.77. The Balaban J connectivity index is 1.48. The van der Waals surface area contributed by atoms with Crippen molar-refractivity contribution >= 4 is 0 Å². The maximum atomic E-state index is 6.58. The average molecular weight is 325 g/mol. The molecule has 0 radical (unpaired) electrons. The van der Waals surface area contributed by atoms with E-state index in [1.807, 2.05) is 0 Å². The molecule has 3 fully saturated rings. The topological polar surface area (TPSA) is 24.9 Å². The Labute approximate surface area is 142 Å². The van der Waals surface area contributed by atoms with Crippen LogP contribution >= 0.6 is 0 Å². The van der Waals surface area contributed by atoms with Crippen LogP contribution in [0.25, 0.3) is 0 Å². The molecule has 0 N–H and O–H groups in total. The van der Waals surface area contributed by atoms with Gasteiger partial charge in [-0.3, -0.25) is 9.80 Å². The predicted molar refractivity (Wildman–Crippen MR) is 93.9 cm³/mol. The van der Waals surface area contributed by atoms with Crippen molar-refractivity contribution in [3.8, 4) is 0 Å². The van der Waals surface area contributed by atoms with Gasteiger partial charge in [-0.15, -0.1) is 0 Å². The Morgan fingerprint density at radius 3 is 2.39 bits per heavy atom. The van der Waals surface area contributed by atoms with Gasteiger partial charge in [-0.25, -0.2) is 0 Å². The Bertz CT molecular complexity index is 358. The molecule has 4 nitrogen and oxygen atoms in total. The number of methoxy groups -OCH3 is 1. The van der Waals surface area contributed by atoms with E-state index in [0.717, 1.165) is 19.7 Å². The first-order valence-electron chi connectivity index (χ1n) is 9.77. The number of ether oxygens (including phenoxy) is 2. The fourth-order valence-corrected chi connectivity index (χ4v) is 5.13. The second-order valence-corrected chi connectivity index (χ2v) is 8.17. The minimum atomic E-state index is 0.264. The van der Waals surface area contributed by atoms with Crippen LogP contribution in [0.4, 0.5) is 0 Å². The molecule has 2 heterocycles. The zero-order valence-corrected chi connectivity index (χ0v) is 15.4. The van der Waals surface area contributed by atoms with Crippen molar-refractivity contribution in [1.82, 2.24) is 9.80 Å². The van der Waals surface area contributed by atoms with Gasteiger partial charge >= 0.3 is 0 Å². The van der Waals surface area contributed by atoms with Crippen molar-refractivity contribution in [3.05, 3.63) is 0 Å². The van der Waals surface area contributed by atoms with Gasteiger partial charge in [0.15, 0.2) is 0 Å². The number of rotatable bonds is 5. The van der Waals surface area contributed by atoms with E-state index in [1.165, 1.54) is 58.0 Å². The summed E-state index contributed by atoms with van der Waals surface area (Å²) in [6, 6.07) is 1.22. The molecule has 0 aromatic rings. The molecule has 0 amide bonds. The second kappa shape index (κ2) is 7.81. The fourth-order valence-electron chi connectivity index (χ4n) is 5.13. The molecule has 2 aliphatic heterocycles. The molecule has 3 atom stereocenters. The van der Waals surface area contributed by atoms with Gasteiger partial charge in [-0.05, 0) is 39.5 Å². The summed E-state index contributed by atoms with van der Waals surface area (Å²) in [5.74, 6) is 0. The Morgan fingerprint density at radius 2 is 1.74 bits per heavy atom. The predicted octanol–water partition coefficient (Wildman–Crippen LogP) is 2.91. The lowest BCUT2D eigenvalue weighted by atomic mass is 9.83. The normalized spacial score (nSPS) is 35.9. The standard InChI is InChI=1S/C19H36N2O2/c1-16-13-20(14-17(2)21(16)11-12-22-3)15-18-7-10-19(23-18)8-5-4-6-9-19/h16-18H,4-15H2,1-3H3/t16-,17-,18-/m1/s1. The summed E-state index contributed by atoms with van der Waals surface area (Å²) in [4.78, 5) is 5.24. The Hall–Kier alpha value is -0.160. The molecule has 0 unspecified atom stereocenters.